The molecular weight excluding hydrogens is 514 g/mol. The molecule has 3 aliphatic heterocycles. The number of nitrogens with zero attached hydrogens (tertiary/aromatic N) is 1. The molecule has 4 bridgehead atoms. The first-order valence-electron chi connectivity index (χ1n) is 14.8. The van der Waals surface area contributed by atoms with Crippen LogP contribution in [0.1, 0.15) is 94.0 Å². The molecule has 5 atom stereocenters. The van der Waals surface area contributed by atoms with E-state index in [1.165, 1.54) is 23.3 Å². The third-order valence-corrected chi connectivity index (χ3v) is 8.40. The zero-order valence-corrected chi connectivity index (χ0v) is 23.8. The van der Waals surface area contributed by atoms with Crippen LogP contribution in [-0.2, 0) is 14.3 Å². The minimum Gasteiger partial charge on any atom is -0.493 e. The molecule has 1 aromatic rings. The van der Waals surface area contributed by atoms with Crippen LogP contribution in [0.25, 0.3) is 0 Å². The highest BCUT2D eigenvalue weighted by Crippen LogP contribution is 2.37. The summed E-state index contributed by atoms with van der Waals surface area (Å²) in [4.78, 5) is 41.3. The second-order valence-electron chi connectivity index (χ2n) is 12.6. The lowest BCUT2D eigenvalue weighted by atomic mass is 9.95. The summed E-state index contributed by atoms with van der Waals surface area (Å²) >= 11 is 0. The van der Waals surface area contributed by atoms with Crippen molar-refractivity contribution in [2.45, 2.75) is 114 Å². The number of benzene rings is 1. The zero-order chi connectivity index (χ0) is 28.4. The summed E-state index contributed by atoms with van der Waals surface area (Å²) in [6.45, 7) is 5.94. The van der Waals surface area contributed by atoms with Gasteiger partial charge in [0.1, 0.15) is 23.5 Å². The van der Waals surface area contributed by atoms with Crippen molar-refractivity contribution in [2.75, 3.05) is 19.7 Å². The van der Waals surface area contributed by atoms with Gasteiger partial charge >= 0.3 is 6.09 Å². The van der Waals surface area contributed by atoms with Gasteiger partial charge in [0, 0.05) is 25.6 Å². The Balaban J connectivity index is 1.42. The van der Waals surface area contributed by atoms with Gasteiger partial charge in [-0.3, -0.25) is 14.5 Å². The summed E-state index contributed by atoms with van der Waals surface area (Å²) in [5, 5.41) is 16.5. The van der Waals surface area contributed by atoms with E-state index in [0.717, 1.165) is 12.8 Å². The summed E-state index contributed by atoms with van der Waals surface area (Å²) in [6.07, 6.45) is 4.78. The normalized spacial score (nSPS) is 30.2. The molecule has 0 spiro atoms. The predicted octanol–water partition coefficient (Wildman–Crippen LogP) is 3.26. The average molecular weight is 558 g/mol. The van der Waals surface area contributed by atoms with Gasteiger partial charge in [0.05, 0.1) is 24.4 Å². The van der Waals surface area contributed by atoms with Crippen molar-refractivity contribution in [1.29, 1.82) is 0 Å². The van der Waals surface area contributed by atoms with Gasteiger partial charge in [0.15, 0.2) is 0 Å². The van der Waals surface area contributed by atoms with Crippen LogP contribution in [0.3, 0.4) is 0 Å². The van der Waals surface area contributed by atoms with Crippen molar-refractivity contribution >= 4 is 17.9 Å². The van der Waals surface area contributed by atoms with E-state index in [-0.39, 0.29) is 37.4 Å². The van der Waals surface area contributed by atoms with Gasteiger partial charge in [-0.1, -0.05) is 18.9 Å². The molecule has 3 N–H and O–H groups in total. The monoisotopic (exact) mass is 557 g/mol. The number of nitrogens with one attached hydrogen (secondary N) is 2. The Kier molecular flexibility index (Phi) is 8.56. The quantitative estimate of drug-likeness (QED) is 0.484. The molecule has 3 fully saturated rings. The van der Waals surface area contributed by atoms with E-state index in [1.54, 1.807) is 20.8 Å². The van der Waals surface area contributed by atoms with Crippen molar-refractivity contribution in [2.24, 2.45) is 0 Å². The number of amides is 3. The largest absolute Gasteiger partial charge is 0.493 e. The Morgan fingerprint density at radius 1 is 1.10 bits per heavy atom. The zero-order valence-electron chi connectivity index (χ0n) is 23.8. The highest BCUT2D eigenvalue weighted by molar-refractivity contribution is 5.97. The molecule has 5 rings (SSSR count). The number of rotatable bonds is 1. The summed E-state index contributed by atoms with van der Waals surface area (Å²) in [5.41, 5.74) is 0.879. The minimum absolute atomic E-state index is 0.126. The molecule has 10 heteroatoms. The Hall–Kier alpha value is -2.85. The molecule has 0 radical (unpaired) electrons. The number of ether oxygens (including phenoxy) is 3. The predicted molar refractivity (Wildman–Crippen MR) is 147 cm³/mol. The molecule has 2 saturated heterocycles. The first-order valence-corrected chi connectivity index (χ1v) is 14.8. The fourth-order valence-corrected chi connectivity index (χ4v) is 6.30. The van der Waals surface area contributed by atoms with Crippen molar-refractivity contribution in [3.63, 3.8) is 0 Å². The van der Waals surface area contributed by atoms with Gasteiger partial charge in [-0.15, -0.1) is 0 Å². The number of likely N-dealkylation sites (tertiary alicyclic amines) is 1. The highest BCUT2D eigenvalue weighted by atomic mass is 16.6. The lowest BCUT2D eigenvalue weighted by molar-refractivity contribution is -0.133. The molecule has 4 aliphatic rings. The molecule has 3 heterocycles. The molecule has 3 amide bonds. The topological polar surface area (TPSA) is 126 Å². The Morgan fingerprint density at radius 3 is 2.62 bits per heavy atom. The van der Waals surface area contributed by atoms with Crippen LogP contribution >= 0.6 is 0 Å². The number of carbonyl (C=O) groups is 3. The van der Waals surface area contributed by atoms with E-state index in [2.05, 4.69) is 10.6 Å². The summed E-state index contributed by atoms with van der Waals surface area (Å²) in [6, 6.07) is 4.57. The van der Waals surface area contributed by atoms with E-state index >= 15 is 0 Å². The van der Waals surface area contributed by atoms with E-state index in [1.807, 2.05) is 18.2 Å². The van der Waals surface area contributed by atoms with Crippen molar-refractivity contribution in [3.8, 4) is 5.75 Å². The SMILES string of the molecule is CC(C)(C)OC(=O)N1C[C@@H]2C[C@H]1C(=O)NC[C@H]1O[C@H](CCOc3cc(C4CCCC4)ccc3C(=O)N2)CC[C@@H]1O. The van der Waals surface area contributed by atoms with Gasteiger partial charge in [-0.2, -0.15) is 0 Å². The summed E-state index contributed by atoms with van der Waals surface area (Å²) in [7, 11) is 0. The molecular formula is C30H43N3O7. The van der Waals surface area contributed by atoms with Gasteiger partial charge in [0.25, 0.3) is 5.91 Å². The van der Waals surface area contributed by atoms with Crippen molar-refractivity contribution in [1.82, 2.24) is 15.5 Å². The second kappa shape index (κ2) is 11.9. The van der Waals surface area contributed by atoms with Gasteiger partial charge in [0.2, 0.25) is 5.91 Å². The molecule has 0 unspecified atom stereocenters. The molecule has 10 nitrogen and oxygen atoms in total. The average Bonchev–Trinajstić information content (AvgIpc) is 3.58. The maximum absolute atomic E-state index is 13.5. The number of fused-ring (bicyclic) bond motifs is 5. The Bertz CT molecular complexity index is 1100. The van der Waals surface area contributed by atoms with E-state index in [0.29, 0.717) is 43.1 Å². The van der Waals surface area contributed by atoms with Crippen molar-refractivity contribution < 1.29 is 33.7 Å². The van der Waals surface area contributed by atoms with Crippen molar-refractivity contribution in [3.05, 3.63) is 29.3 Å². The lowest BCUT2D eigenvalue weighted by Gasteiger charge is -2.34. The molecule has 40 heavy (non-hydrogen) atoms. The first-order chi connectivity index (χ1) is 19.1. The number of hydrogen-bond donors (Lipinski definition) is 3. The number of aliphatic hydroxyl groups is 1. The van der Waals surface area contributed by atoms with Crippen LogP contribution in [0.15, 0.2) is 18.2 Å². The fraction of sp³-hybridized carbons (Fsp3) is 0.700. The first kappa shape index (κ1) is 28.7. The maximum Gasteiger partial charge on any atom is 0.411 e. The molecule has 0 aromatic heterocycles. The van der Waals surface area contributed by atoms with Crippen LogP contribution in [0.5, 0.6) is 5.75 Å². The third-order valence-electron chi connectivity index (χ3n) is 8.40. The van der Waals surface area contributed by atoms with Gasteiger partial charge in [-0.25, -0.2) is 4.79 Å². The molecule has 220 valence electrons. The maximum atomic E-state index is 13.5. The van der Waals surface area contributed by atoms with Gasteiger partial charge in [-0.05, 0) is 76.5 Å². The highest BCUT2D eigenvalue weighted by Gasteiger charge is 2.43. The number of aliphatic hydroxyl groups excluding tert-OH is 1. The standard InChI is InChI=1S/C30H43N3O7/c1-30(2,3)40-29(37)33-17-20-15-23(33)28(36)31-16-26-24(34)11-9-21(39-26)12-13-38-25-14-19(18-6-4-5-7-18)8-10-22(25)27(35)32-20/h8,10,14,18,20-21,23-24,26,34H,4-7,9,11-13,15-17H2,1-3H3,(H,31,36)(H,32,35)/t20-,21-,23-,24-,26+/m0/s1. The number of carbonyl (C=O) groups excluding carboxylic acids is 3. The van der Waals surface area contributed by atoms with Crippen LogP contribution in [0.2, 0.25) is 0 Å². The van der Waals surface area contributed by atoms with Crippen LogP contribution in [0, 0.1) is 0 Å². The Labute approximate surface area is 236 Å². The van der Waals surface area contributed by atoms with E-state index in [4.69, 9.17) is 14.2 Å². The molecule has 1 aromatic carbocycles. The Morgan fingerprint density at radius 2 is 1.88 bits per heavy atom. The van der Waals surface area contributed by atoms with Crippen LogP contribution in [0.4, 0.5) is 4.79 Å². The van der Waals surface area contributed by atoms with Gasteiger partial charge < -0.3 is 30.0 Å². The van der Waals surface area contributed by atoms with Crippen LogP contribution < -0.4 is 15.4 Å². The lowest BCUT2D eigenvalue weighted by Crippen LogP contribution is -2.51. The molecule has 1 saturated carbocycles. The summed E-state index contributed by atoms with van der Waals surface area (Å²) < 4.78 is 18.0. The smallest absolute Gasteiger partial charge is 0.411 e. The van der Waals surface area contributed by atoms with E-state index in [9.17, 15) is 19.5 Å². The summed E-state index contributed by atoms with van der Waals surface area (Å²) in [5.74, 6) is 0.348. The third kappa shape index (κ3) is 6.71. The van der Waals surface area contributed by atoms with E-state index < -0.39 is 36.0 Å². The molecule has 1 aliphatic carbocycles. The second-order valence-corrected chi connectivity index (χ2v) is 12.6. The fourth-order valence-electron chi connectivity index (χ4n) is 6.30. The number of hydrogen-bond acceptors (Lipinski definition) is 7. The minimum atomic E-state index is -0.829. The van der Waals surface area contributed by atoms with Crippen LogP contribution in [-0.4, -0.2) is 83.6 Å².